The van der Waals surface area contributed by atoms with Gasteiger partial charge in [-0.25, -0.2) is 9.78 Å². The summed E-state index contributed by atoms with van der Waals surface area (Å²) in [4.78, 5) is 26.8. The van der Waals surface area contributed by atoms with Crippen LogP contribution in [0.5, 0.6) is 0 Å². The number of carboxylic acids is 1. The van der Waals surface area contributed by atoms with Crippen molar-refractivity contribution in [3.05, 3.63) is 40.1 Å². The summed E-state index contributed by atoms with van der Waals surface area (Å²) in [5.41, 5.74) is 0.695. The quantitative estimate of drug-likeness (QED) is 0.819. The maximum atomic E-state index is 12.1. The molecule has 2 heterocycles. The molecular weight excluding hydrogens is 290 g/mol. The van der Waals surface area contributed by atoms with Gasteiger partial charge in [-0.1, -0.05) is 6.92 Å². The molecule has 0 aromatic carbocycles. The molecule has 1 amide bonds. The normalized spacial score (nSPS) is 10.5. The number of aromatic carboxylic acids is 1. The molecule has 0 bridgehead atoms. The van der Waals surface area contributed by atoms with Crippen LogP contribution in [0.4, 0.5) is 0 Å². The van der Waals surface area contributed by atoms with Crippen LogP contribution in [-0.2, 0) is 13.0 Å². The van der Waals surface area contributed by atoms with Crippen molar-refractivity contribution >= 4 is 23.2 Å². The number of nitrogens with zero attached hydrogens (tertiary/aromatic N) is 2. The molecule has 0 atom stereocenters. The first kappa shape index (κ1) is 15.2. The van der Waals surface area contributed by atoms with E-state index in [9.17, 15) is 9.59 Å². The minimum atomic E-state index is -1.03. The molecule has 2 aromatic heterocycles. The van der Waals surface area contributed by atoms with Gasteiger partial charge >= 0.3 is 5.97 Å². The van der Waals surface area contributed by atoms with Crippen molar-refractivity contribution in [2.24, 2.45) is 0 Å². The standard InChI is InChI=1S/C14H17N3O3S/c1-2-7-17-8-3-4-11(17)13(18)15-6-5-12-16-10(9-21-12)14(19)20/h3-4,8-9H,2,5-7H2,1H3,(H,15,18)(H,19,20). The maximum Gasteiger partial charge on any atom is 0.355 e. The first-order valence-corrected chi connectivity index (χ1v) is 7.60. The minimum absolute atomic E-state index is 0.0538. The van der Waals surface area contributed by atoms with Gasteiger partial charge in [0.15, 0.2) is 5.69 Å². The van der Waals surface area contributed by atoms with Crippen LogP contribution in [0, 0.1) is 0 Å². The Kier molecular flexibility index (Phi) is 5.10. The highest BCUT2D eigenvalue weighted by atomic mass is 32.1. The van der Waals surface area contributed by atoms with Crippen molar-refractivity contribution in [2.45, 2.75) is 26.3 Å². The first-order valence-electron chi connectivity index (χ1n) is 6.73. The number of carboxylic acid groups (broad SMARTS) is 1. The van der Waals surface area contributed by atoms with Crippen LogP contribution in [0.1, 0.15) is 39.3 Å². The molecule has 2 N–H and O–H groups in total. The largest absolute Gasteiger partial charge is 0.476 e. The lowest BCUT2D eigenvalue weighted by atomic mass is 10.3. The number of rotatable bonds is 7. The van der Waals surface area contributed by atoms with Crippen LogP contribution in [0.25, 0.3) is 0 Å². The number of amides is 1. The molecule has 112 valence electrons. The molecule has 0 aliphatic carbocycles. The number of carbonyl (C=O) groups is 2. The number of thiazole rings is 1. The second-order valence-corrected chi connectivity index (χ2v) is 5.47. The molecule has 0 saturated heterocycles. The average Bonchev–Trinajstić information content (AvgIpc) is 3.08. The highest BCUT2D eigenvalue weighted by Gasteiger charge is 2.11. The fraction of sp³-hybridized carbons (Fsp3) is 0.357. The number of hydrogen-bond acceptors (Lipinski definition) is 4. The Morgan fingerprint density at radius 3 is 2.95 bits per heavy atom. The summed E-state index contributed by atoms with van der Waals surface area (Å²) in [5.74, 6) is -1.15. The van der Waals surface area contributed by atoms with Crippen LogP contribution < -0.4 is 5.32 Å². The zero-order valence-corrected chi connectivity index (χ0v) is 12.5. The lowest BCUT2D eigenvalue weighted by molar-refractivity contribution is 0.0690. The highest BCUT2D eigenvalue weighted by molar-refractivity contribution is 7.09. The van der Waals surface area contributed by atoms with Gasteiger partial charge in [0.05, 0.1) is 5.01 Å². The van der Waals surface area contributed by atoms with Gasteiger partial charge in [-0.05, 0) is 18.6 Å². The zero-order chi connectivity index (χ0) is 15.2. The minimum Gasteiger partial charge on any atom is -0.476 e. The number of nitrogens with one attached hydrogen (secondary N) is 1. The molecule has 7 heteroatoms. The molecule has 2 rings (SSSR count). The van der Waals surface area contributed by atoms with Crippen molar-refractivity contribution in [3.63, 3.8) is 0 Å². The van der Waals surface area contributed by atoms with Gasteiger partial charge in [0.25, 0.3) is 5.91 Å². The third kappa shape index (κ3) is 3.91. The topological polar surface area (TPSA) is 84.2 Å². The first-order chi connectivity index (χ1) is 10.1. The number of hydrogen-bond donors (Lipinski definition) is 2. The third-order valence-electron chi connectivity index (χ3n) is 2.92. The van der Waals surface area contributed by atoms with Gasteiger partial charge in [-0.3, -0.25) is 4.79 Å². The van der Waals surface area contributed by atoms with E-state index in [-0.39, 0.29) is 11.6 Å². The summed E-state index contributed by atoms with van der Waals surface area (Å²) in [6.45, 7) is 3.30. The molecule has 21 heavy (non-hydrogen) atoms. The predicted octanol–water partition coefficient (Wildman–Crippen LogP) is 2.03. The Bertz CT molecular complexity index is 633. The lowest BCUT2D eigenvalue weighted by Gasteiger charge is -2.08. The van der Waals surface area contributed by atoms with Crippen LogP contribution in [0.15, 0.2) is 23.7 Å². The second-order valence-electron chi connectivity index (χ2n) is 4.52. The maximum absolute atomic E-state index is 12.1. The summed E-state index contributed by atoms with van der Waals surface area (Å²) >= 11 is 1.29. The molecule has 0 fully saturated rings. The smallest absolute Gasteiger partial charge is 0.355 e. The van der Waals surface area contributed by atoms with E-state index in [1.54, 1.807) is 6.07 Å². The fourth-order valence-electron chi connectivity index (χ4n) is 1.95. The Morgan fingerprint density at radius 1 is 1.48 bits per heavy atom. The zero-order valence-electron chi connectivity index (χ0n) is 11.7. The van der Waals surface area contributed by atoms with Gasteiger partial charge in [0.2, 0.25) is 0 Å². The Balaban J connectivity index is 1.86. The van der Waals surface area contributed by atoms with Gasteiger partial charge < -0.3 is 15.0 Å². The summed E-state index contributed by atoms with van der Waals surface area (Å²) in [5, 5.41) is 13.8. The average molecular weight is 307 g/mol. The summed E-state index contributed by atoms with van der Waals surface area (Å²) in [6, 6.07) is 3.64. The van der Waals surface area contributed by atoms with E-state index in [4.69, 9.17) is 5.11 Å². The second kappa shape index (κ2) is 7.03. The van der Waals surface area contributed by atoms with E-state index in [1.807, 2.05) is 16.8 Å². The monoisotopic (exact) mass is 307 g/mol. The van der Waals surface area contributed by atoms with E-state index in [1.165, 1.54) is 16.7 Å². The van der Waals surface area contributed by atoms with Gasteiger partial charge in [-0.2, -0.15) is 0 Å². The van der Waals surface area contributed by atoms with E-state index >= 15 is 0 Å². The van der Waals surface area contributed by atoms with Crippen molar-refractivity contribution in [3.8, 4) is 0 Å². The SMILES string of the molecule is CCCn1cccc1C(=O)NCCc1nc(C(=O)O)cs1. The summed E-state index contributed by atoms with van der Waals surface area (Å²) in [6.07, 6.45) is 3.38. The Morgan fingerprint density at radius 2 is 2.29 bits per heavy atom. The molecule has 2 aromatic rings. The Hall–Kier alpha value is -2.15. The molecular formula is C14H17N3O3S. The number of aromatic nitrogens is 2. The van der Waals surface area contributed by atoms with Crippen molar-refractivity contribution in [1.82, 2.24) is 14.9 Å². The van der Waals surface area contributed by atoms with Crippen molar-refractivity contribution in [2.75, 3.05) is 6.54 Å². The van der Waals surface area contributed by atoms with Crippen LogP contribution in [-0.4, -0.2) is 33.1 Å². The van der Waals surface area contributed by atoms with Crippen molar-refractivity contribution < 1.29 is 14.7 Å². The predicted molar refractivity (Wildman–Crippen MR) is 79.8 cm³/mol. The lowest BCUT2D eigenvalue weighted by Crippen LogP contribution is -2.27. The van der Waals surface area contributed by atoms with E-state index in [2.05, 4.69) is 17.2 Å². The third-order valence-corrected chi connectivity index (χ3v) is 3.83. The van der Waals surface area contributed by atoms with Crippen LogP contribution in [0.3, 0.4) is 0 Å². The van der Waals surface area contributed by atoms with Crippen LogP contribution in [0.2, 0.25) is 0 Å². The molecule has 0 unspecified atom stereocenters. The molecule has 0 saturated carbocycles. The summed E-state index contributed by atoms with van der Waals surface area (Å²) in [7, 11) is 0. The molecule has 0 spiro atoms. The highest BCUT2D eigenvalue weighted by Crippen LogP contribution is 2.10. The molecule has 6 nitrogen and oxygen atoms in total. The van der Waals surface area contributed by atoms with Gasteiger partial charge in [0, 0.05) is 31.1 Å². The number of carbonyl (C=O) groups excluding carboxylic acids is 1. The van der Waals surface area contributed by atoms with Crippen molar-refractivity contribution in [1.29, 1.82) is 0 Å². The fourth-order valence-corrected chi connectivity index (χ4v) is 2.73. The molecule has 0 aliphatic heterocycles. The Labute approximate surface area is 126 Å². The van der Waals surface area contributed by atoms with Gasteiger partial charge in [-0.15, -0.1) is 11.3 Å². The number of aryl methyl sites for hydroxylation is 1. The van der Waals surface area contributed by atoms with Gasteiger partial charge in [0.1, 0.15) is 5.69 Å². The van der Waals surface area contributed by atoms with E-state index in [0.717, 1.165) is 13.0 Å². The van der Waals surface area contributed by atoms with E-state index in [0.29, 0.717) is 23.7 Å². The van der Waals surface area contributed by atoms with E-state index < -0.39 is 5.97 Å². The van der Waals surface area contributed by atoms with Crippen LogP contribution >= 0.6 is 11.3 Å². The molecule has 0 radical (unpaired) electrons. The summed E-state index contributed by atoms with van der Waals surface area (Å²) < 4.78 is 1.92. The molecule has 0 aliphatic rings.